The molecule has 0 aliphatic rings. The lowest BCUT2D eigenvalue weighted by atomic mass is 10.1. The molecule has 1 atom stereocenters. The first kappa shape index (κ1) is 20.2. The van der Waals surface area contributed by atoms with Gasteiger partial charge in [-0.1, -0.05) is 12.1 Å². The van der Waals surface area contributed by atoms with Crippen LogP contribution < -0.4 is 10.6 Å². The van der Waals surface area contributed by atoms with Crippen LogP contribution in [0.15, 0.2) is 24.3 Å². The third kappa shape index (κ3) is 5.16. The van der Waals surface area contributed by atoms with Crippen LogP contribution in [0.1, 0.15) is 41.2 Å². The van der Waals surface area contributed by atoms with E-state index in [9.17, 15) is 14.4 Å². The van der Waals surface area contributed by atoms with E-state index in [0.29, 0.717) is 23.5 Å². The Kier molecular flexibility index (Phi) is 6.33. The minimum absolute atomic E-state index is 0.127. The summed E-state index contributed by atoms with van der Waals surface area (Å²) in [6.07, 6.45) is -0.962. The number of carbonyl (C=O) groups excluding carboxylic acids is 3. The molecule has 1 unspecified atom stereocenters. The number of esters is 1. The number of hydrogen-bond donors (Lipinski definition) is 2. The Morgan fingerprint density at radius 3 is 2.33 bits per heavy atom. The van der Waals surface area contributed by atoms with Crippen molar-refractivity contribution in [3.05, 3.63) is 46.8 Å². The average Bonchev–Trinajstić information content (AvgIpc) is 2.86. The predicted octanol–water partition coefficient (Wildman–Crippen LogP) is 1.86. The van der Waals surface area contributed by atoms with E-state index in [-0.39, 0.29) is 5.91 Å². The van der Waals surface area contributed by atoms with E-state index >= 15 is 0 Å². The largest absolute Gasteiger partial charge is 0.449 e. The van der Waals surface area contributed by atoms with Gasteiger partial charge >= 0.3 is 5.97 Å². The second-order valence-corrected chi connectivity index (χ2v) is 6.31. The third-order valence-electron chi connectivity index (χ3n) is 4.14. The number of amides is 2. The van der Waals surface area contributed by atoms with Crippen LogP contribution in [0.2, 0.25) is 0 Å². The van der Waals surface area contributed by atoms with Crippen LogP contribution in [0.3, 0.4) is 0 Å². The minimum Gasteiger partial charge on any atom is -0.449 e. The average molecular weight is 372 g/mol. The number of ether oxygens (including phenoxy) is 1. The molecule has 2 aromatic rings. The van der Waals surface area contributed by atoms with Crippen molar-refractivity contribution in [1.29, 1.82) is 0 Å². The zero-order valence-corrected chi connectivity index (χ0v) is 16.1. The maximum absolute atomic E-state index is 12.3. The predicted molar refractivity (Wildman–Crippen MR) is 100 cm³/mol. The van der Waals surface area contributed by atoms with E-state index in [1.807, 2.05) is 6.92 Å². The molecule has 0 bridgehead atoms. The minimum atomic E-state index is -0.962. The van der Waals surface area contributed by atoms with E-state index in [0.717, 1.165) is 11.3 Å². The summed E-state index contributed by atoms with van der Waals surface area (Å²) in [6.45, 7) is 6.97. The number of anilines is 1. The van der Waals surface area contributed by atoms with Crippen molar-refractivity contribution in [3.8, 4) is 0 Å². The summed E-state index contributed by atoms with van der Waals surface area (Å²) in [6, 6.07) is 6.64. The van der Waals surface area contributed by atoms with Gasteiger partial charge in [0.15, 0.2) is 6.10 Å². The normalized spacial score (nSPS) is 11.6. The van der Waals surface area contributed by atoms with E-state index in [4.69, 9.17) is 4.74 Å². The van der Waals surface area contributed by atoms with Crippen molar-refractivity contribution in [2.75, 3.05) is 5.32 Å². The lowest BCUT2D eigenvalue weighted by Crippen LogP contribution is -2.30. The molecule has 0 saturated heterocycles. The Hall–Kier alpha value is -3.16. The Labute approximate surface area is 157 Å². The molecule has 0 aliphatic heterocycles. The smallest absolute Gasteiger partial charge is 0.338 e. The molecule has 0 fully saturated rings. The summed E-state index contributed by atoms with van der Waals surface area (Å²) in [5.41, 5.74) is 3.31. The van der Waals surface area contributed by atoms with Crippen LogP contribution in [-0.2, 0) is 27.9 Å². The number of benzene rings is 1. The van der Waals surface area contributed by atoms with Gasteiger partial charge in [-0.05, 0) is 38.5 Å². The molecule has 2 rings (SSSR count). The summed E-state index contributed by atoms with van der Waals surface area (Å²) >= 11 is 0. The zero-order chi connectivity index (χ0) is 20.1. The topological polar surface area (TPSA) is 102 Å². The van der Waals surface area contributed by atoms with Gasteiger partial charge in [-0.3, -0.25) is 14.3 Å². The van der Waals surface area contributed by atoms with Crippen LogP contribution in [0.25, 0.3) is 0 Å². The van der Waals surface area contributed by atoms with Gasteiger partial charge in [0.1, 0.15) is 0 Å². The van der Waals surface area contributed by atoms with Crippen LogP contribution >= 0.6 is 0 Å². The van der Waals surface area contributed by atoms with E-state index in [2.05, 4.69) is 15.7 Å². The van der Waals surface area contributed by atoms with Gasteiger partial charge in [-0.2, -0.15) is 5.10 Å². The van der Waals surface area contributed by atoms with Gasteiger partial charge < -0.3 is 15.4 Å². The van der Waals surface area contributed by atoms with Gasteiger partial charge in [0, 0.05) is 20.5 Å². The van der Waals surface area contributed by atoms with Gasteiger partial charge in [0.05, 0.1) is 22.6 Å². The maximum atomic E-state index is 12.3. The maximum Gasteiger partial charge on any atom is 0.338 e. The highest BCUT2D eigenvalue weighted by molar-refractivity contribution is 5.98. The second-order valence-electron chi connectivity index (χ2n) is 6.31. The molecule has 0 spiro atoms. The second kappa shape index (κ2) is 8.48. The molecule has 8 nitrogen and oxygen atoms in total. The first-order valence-corrected chi connectivity index (χ1v) is 8.54. The molecule has 27 heavy (non-hydrogen) atoms. The lowest BCUT2D eigenvalue weighted by Gasteiger charge is -2.14. The Morgan fingerprint density at radius 1 is 1.19 bits per heavy atom. The van der Waals surface area contributed by atoms with Crippen molar-refractivity contribution in [2.45, 2.75) is 40.3 Å². The van der Waals surface area contributed by atoms with Crippen LogP contribution in [0.4, 0.5) is 5.69 Å². The Morgan fingerprint density at radius 2 is 1.81 bits per heavy atom. The highest BCUT2D eigenvalue weighted by Gasteiger charge is 2.21. The van der Waals surface area contributed by atoms with Gasteiger partial charge in [-0.15, -0.1) is 0 Å². The van der Waals surface area contributed by atoms with Crippen molar-refractivity contribution in [3.63, 3.8) is 0 Å². The standard InChI is InChI=1S/C19H24N4O4/c1-11-17(12(2)23(5)22-11)21-18(25)13(3)27-19(26)16-8-6-15(7-9-16)10-20-14(4)24/h6-9,13H,10H2,1-5H3,(H,20,24)(H,21,25). The molecule has 0 saturated carbocycles. The lowest BCUT2D eigenvalue weighted by molar-refractivity contribution is -0.123. The van der Waals surface area contributed by atoms with Gasteiger partial charge in [0.2, 0.25) is 5.91 Å². The SMILES string of the molecule is CC(=O)NCc1ccc(C(=O)OC(C)C(=O)Nc2c(C)nn(C)c2C)cc1. The number of carbonyl (C=O) groups is 3. The summed E-state index contributed by atoms with van der Waals surface area (Å²) in [4.78, 5) is 35.5. The fourth-order valence-corrected chi connectivity index (χ4v) is 2.45. The number of hydrogen-bond acceptors (Lipinski definition) is 5. The first-order chi connectivity index (χ1) is 12.7. The van der Waals surface area contributed by atoms with Gasteiger partial charge in [0.25, 0.3) is 5.91 Å². The summed E-state index contributed by atoms with van der Waals surface area (Å²) < 4.78 is 6.92. The van der Waals surface area contributed by atoms with Gasteiger partial charge in [-0.25, -0.2) is 4.79 Å². The molecule has 0 aliphatic carbocycles. The highest BCUT2D eigenvalue weighted by Crippen LogP contribution is 2.19. The summed E-state index contributed by atoms with van der Waals surface area (Å²) in [5, 5.41) is 9.66. The molecule has 144 valence electrons. The molecule has 1 aromatic carbocycles. The molecule has 2 amide bonds. The fraction of sp³-hybridized carbons (Fsp3) is 0.368. The number of rotatable bonds is 6. The van der Waals surface area contributed by atoms with E-state index in [1.54, 1.807) is 42.9 Å². The molecular weight excluding hydrogens is 348 g/mol. The van der Waals surface area contributed by atoms with E-state index < -0.39 is 18.0 Å². The molecule has 8 heteroatoms. The van der Waals surface area contributed by atoms with Crippen molar-refractivity contribution in [2.24, 2.45) is 7.05 Å². The molecule has 2 N–H and O–H groups in total. The highest BCUT2D eigenvalue weighted by atomic mass is 16.5. The zero-order valence-electron chi connectivity index (χ0n) is 16.1. The Balaban J connectivity index is 1.96. The Bertz CT molecular complexity index is 855. The number of aromatic nitrogens is 2. The fourth-order valence-electron chi connectivity index (χ4n) is 2.45. The third-order valence-corrected chi connectivity index (χ3v) is 4.14. The molecule has 1 heterocycles. The molecular formula is C19H24N4O4. The van der Waals surface area contributed by atoms with Crippen molar-refractivity contribution >= 4 is 23.5 Å². The summed E-state index contributed by atoms with van der Waals surface area (Å²) in [7, 11) is 1.79. The number of aryl methyl sites for hydroxylation is 2. The summed E-state index contributed by atoms with van der Waals surface area (Å²) in [5.74, 6) is -1.15. The molecule has 0 radical (unpaired) electrons. The van der Waals surface area contributed by atoms with Crippen LogP contribution in [-0.4, -0.2) is 33.7 Å². The quantitative estimate of drug-likeness (QED) is 0.754. The number of nitrogens with one attached hydrogen (secondary N) is 2. The van der Waals surface area contributed by atoms with E-state index in [1.165, 1.54) is 13.8 Å². The van der Waals surface area contributed by atoms with Crippen molar-refractivity contribution in [1.82, 2.24) is 15.1 Å². The monoisotopic (exact) mass is 372 g/mol. The number of nitrogens with zero attached hydrogens (tertiary/aromatic N) is 2. The van der Waals surface area contributed by atoms with Crippen LogP contribution in [0, 0.1) is 13.8 Å². The van der Waals surface area contributed by atoms with Crippen molar-refractivity contribution < 1.29 is 19.1 Å². The molecule has 1 aromatic heterocycles. The van der Waals surface area contributed by atoms with Crippen LogP contribution in [0.5, 0.6) is 0 Å². The first-order valence-electron chi connectivity index (χ1n) is 8.54.